The van der Waals surface area contributed by atoms with Crippen molar-refractivity contribution in [2.45, 2.75) is 45.4 Å². The van der Waals surface area contributed by atoms with Crippen molar-refractivity contribution in [3.05, 3.63) is 24.3 Å². The van der Waals surface area contributed by atoms with Crippen molar-refractivity contribution in [3.8, 4) is 0 Å². The lowest BCUT2D eigenvalue weighted by atomic mass is 10.0. The van der Waals surface area contributed by atoms with E-state index in [0.717, 1.165) is 12.8 Å². The van der Waals surface area contributed by atoms with E-state index in [1.54, 1.807) is 0 Å². The smallest absolute Gasteiger partial charge is 0.143 e. The van der Waals surface area contributed by atoms with Crippen molar-refractivity contribution in [2.75, 3.05) is 0 Å². The van der Waals surface area contributed by atoms with Gasteiger partial charge in [0.25, 0.3) is 0 Å². The predicted octanol–water partition coefficient (Wildman–Crippen LogP) is 3.66. The van der Waals surface area contributed by atoms with E-state index in [9.17, 15) is 4.79 Å². The molecular weight excluding hydrogens is 172 g/mol. The van der Waals surface area contributed by atoms with Crippen LogP contribution < -0.4 is 0 Å². The second-order valence-electron chi connectivity index (χ2n) is 3.93. The number of unbranched alkanes of at least 4 members (excludes halogenated alkanes) is 4. The Morgan fingerprint density at radius 1 is 1.07 bits per heavy atom. The Morgan fingerprint density at radius 2 is 1.71 bits per heavy atom. The summed E-state index contributed by atoms with van der Waals surface area (Å²) in [6, 6.07) is 0. The number of rotatable bonds is 7. The quantitative estimate of drug-likeness (QED) is 0.563. The summed E-state index contributed by atoms with van der Waals surface area (Å²) in [5.74, 6) is 0.465. The molecule has 78 valence electrons. The monoisotopic (exact) mass is 192 g/mol. The Balaban J connectivity index is 2.03. The van der Waals surface area contributed by atoms with Gasteiger partial charge in [0.1, 0.15) is 5.78 Å². The summed E-state index contributed by atoms with van der Waals surface area (Å²) in [7, 11) is 0. The molecule has 0 amide bonds. The van der Waals surface area contributed by atoms with E-state index < -0.39 is 0 Å². The van der Waals surface area contributed by atoms with Crippen LogP contribution in [0.3, 0.4) is 0 Å². The number of Topliss-reactive ketones (excluding diaryl/α,β-unsaturated/α-hetero) is 1. The highest BCUT2D eigenvalue weighted by atomic mass is 16.1. The number of ketones is 1. The fourth-order valence-electron chi connectivity index (χ4n) is 1.72. The first-order chi connectivity index (χ1) is 6.84. The van der Waals surface area contributed by atoms with E-state index in [2.05, 4.69) is 6.92 Å². The molecule has 0 heterocycles. The molecule has 1 aliphatic rings. The first-order valence-corrected chi connectivity index (χ1v) is 5.72. The van der Waals surface area contributed by atoms with Gasteiger partial charge in [0.05, 0.1) is 5.92 Å². The molecule has 0 saturated carbocycles. The molecule has 1 heteroatoms. The van der Waals surface area contributed by atoms with E-state index in [-0.39, 0.29) is 5.92 Å². The third kappa shape index (κ3) is 3.91. The van der Waals surface area contributed by atoms with Crippen LogP contribution in [0.25, 0.3) is 0 Å². The Morgan fingerprint density at radius 3 is 2.36 bits per heavy atom. The zero-order chi connectivity index (χ0) is 10.2. The first kappa shape index (κ1) is 11.2. The number of carbonyl (C=O) groups is 1. The maximum atomic E-state index is 11.6. The van der Waals surface area contributed by atoms with Gasteiger partial charge in [-0.2, -0.15) is 0 Å². The summed E-state index contributed by atoms with van der Waals surface area (Å²) in [4.78, 5) is 11.6. The molecule has 0 aromatic rings. The minimum absolute atomic E-state index is 0.0844. The summed E-state index contributed by atoms with van der Waals surface area (Å²) in [6.07, 6.45) is 14.8. The standard InChI is InChI=1S/C13H20O/c1-2-3-4-5-6-11-13(14)12-9-7-8-10-12/h7-10,12H,2-6,11H2,1H3. The van der Waals surface area contributed by atoms with Gasteiger partial charge in [0.2, 0.25) is 0 Å². The van der Waals surface area contributed by atoms with Crippen molar-refractivity contribution in [1.82, 2.24) is 0 Å². The molecule has 1 nitrogen and oxygen atoms in total. The van der Waals surface area contributed by atoms with Crippen LogP contribution in [-0.4, -0.2) is 5.78 Å². The summed E-state index contributed by atoms with van der Waals surface area (Å²) in [5, 5.41) is 0. The van der Waals surface area contributed by atoms with Crippen LogP contribution in [0.15, 0.2) is 24.3 Å². The van der Waals surface area contributed by atoms with E-state index in [1.165, 1.54) is 25.7 Å². The summed E-state index contributed by atoms with van der Waals surface area (Å²) in [5.41, 5.74) is 0. The number of hydrogen-bond donors (Lipinski definition) is 0. The van der Waals surface area contributed by atoms with E-state index in [0.29, 0.717) is 5.78 Å². The molecule has 0 aliphatic heterocycles. The molecule has 0 unspecified atom stereocenters. The molecular formula is C13H20O. The van der Waals surface area contributed by atoms with Crippen LogP contribution >= 0.6 is 0 Å². The second-order valence-corrected chi connectivity index (χ2v) is 3.93. The third-order valence-electron chi connectivity index (χ3n) is 2.65. The lowest BCUT2D eigenvalue weighted by Gasteiger charge is -2.03. The average molecular weight is 192 g/mol. The van der Waals surface area contributed by atoms with Gasteiger partial charge in [0.15, 0.2) is 0 Å². The topological polar surface area (TPSA) is 17.1 Å². The van der Waals surface area contributed by atoms with Crippen molar-refractivity contribution >= 4 is 5.78 Å². The number of carbonyl (C=O) groups excluding carboxylic acids is 1. The van der Waals surface area contributed by atoms with Crippen LogP contribution in [0.5, 0.6) is 0 Å². The van der Waals surface area contributed by atoms with Crippen LogP contribution in [0.1, 0.15) is 45.4 Å². The van der Waals surface area contributed by atoms with Crippen molar-refractivity contribution < 1.29 is 4.79 Å². The van der Waals surface area contributed by atoms with Crippen LogP contribution in [-0.2, 0) is 4.79 Å². The highest BCUT2D eigenvalue weighted by Crippen LogP contribution is 2.14. The molecule has 0 N–H and O–H groups in total. The molecule has 0 atom stereocenters. The fraction of sp³-hybridized carbons (Fsp3) is 0.615. The summed E-state index contributed by atoms with van der Waals surface area (Å²) in [6.45, 7) is 2.21. The fourth-order valence-corrected chi connectivity index (χ4v) is 1.72. The van der Waals surface area contributed by atoms with Gasteiger partial charge in [-0.15, -0.1) is 0 Å². The molecule has 0 aromatic carbocycles. The van der Waals surface area contributed by atoms with Crippen molar-refractivity contribution in [2.24, 2.45) is 5.92 Å². The van der Waals surface area contributed by atoms with E-state index >= 15 is 0 Å². The minimum atomic E-state index is 0.0844. The summed E-state index contributed by atoms with van der Waals surface area (Å²) >= 11 is 0. The molecule has 0 spiro atoms. The van der Waals surface area contributed by atoms with E-state index in [1.807, 2.05) is 24.3 Å². The maximum Gasteiger partial charge on any atom is 0.143 e. The molecule has 14 heavy (non-hydrogen) atoms. The second kappa shape index (κ2) is 6.58. The normalized spacial score (nSPS) is 15.2. The largest absolute Gasteiger partial charge is 0.299 e. The molecule has 1 aliphatic carbocycles. The van der Waals surface area contributed by atoms with Crippen LogP contribution in [0.4, 0.5) is 0 Å². The zero-order valence-electron chi connectivity index (χ0n) is 9.04. The Labute approximate surface area is 86.9 Å². The molecule has 1 rings (SSSR count). The highest BCUT2D eigenvalue weighted by molar-refractivity contribution is 5.85. The van der Waals surface area contributed by atoms with Crippen LogP contribution in [0.2, 0.25) is 0 Å². The van der Waals surface area contributed by atoms with Crippen molar-refractivity contribution in [1.29, 1.82) is 0 Å². The third-order valence-corrected chi connectivity index (χ3v) is 2.65. The van der Waals surface area contributed by atoms with Gasteiger partial charge in [0, 0.05) is 6.42 Å². The highest BCUT2D eigenvalue weighted by Gasteiger charge is 2.12. The molecule has 0 aromatic heterocycles. The van der Waals surface area contributed by atoms with Crippen molar-refractivity contribution in [3.63, 3.8) is 0 Å². The predicted molar refractivity (Wildman–Crippen MR) is 60.2 cm³/mol. The van der Waals surface area contributed by atoms with Gasteiger partial charge in [-0.25, -0.2) is 0 Å². The Bertz CT molecular complexity index is 213. The molecule has 0 bridgehead atoms. The van der Waals surface area contributed by atoms with Gasteiger partial charge >= 0.3 is 0 Å². The zero-order valence-corrected chi connectivity index (χ0v) is 9.04. The average Bonchev–Trinajstić information content (AvgIpc) is 2.70. The van der Waals surface area contributed by atoms with Gasteiger partial charge in [-0.3, -0.25) is 4.79 Å². The number of allylic oxidation sites excluding steroid dienone is 4. The maximum absolute atomic E-state index is 11.6. The summed E-state index contributed by atoms with van der Waals surface area (Å²) < 4.78 is 0. The van der Waals surface area contributed by atoms with E-state index in [4.69, 9.17) is 0 Å². The molecule has 0 radical (unpaired) electrons. The van der Waals surface area contributed by atoms with Gasteiger partial charge in [-0.05, 0) is 6.42 Å². The van der Waals surface area contributed by atoms with Crippen LogP contribution in [0, 0.1) is 5.92 Å². The lowest BCUT2D eigenvalue weighted by Crippen LogP contribution is -2.07. The lowest BCUT2D eigenvalue weighted by molar-refractivity contribution is -0.120. The molecule has 0 saturated heterocycles. The number of hydrogen-bond acceptors (Lipinski definition) is 1. The Kier molecular flexibility index (Phi) is 5.28. The Hall–Kier alpha value is -0.850. The first-order valence-electron chi connectivity index (χ1n) is 5.72. The molecule has 0 fully saturated rings. The SMILES string of the molecule is CCCCCCCC(=O)C1C=CC=C1. The van der Waals surface area contributed by atoms with Gasteiger partial charge in [-0.1, -0.05) is 56.9 Å². The van der Waals surface area contributed by atoms with Gasteiger partial charge < -0.3 is 0 Å². The minimum Gasteiger partial charge on any atom is -0.299 e.